The van der Waals surface area contributed by atoms with Gasteiger partial charge < -0.3 is 10.2 Å². The maximum atomic E-state index is 13.3. The van der Waals surface area contributed by atoms with E-state index in [4.69, 9.17) is 0 Å². The van der Waals surface area contributed by atoms with Crippen molar-refractivity contribution in [3.8, 4) is 0 Å². The van der Waals surface area contributed by atoms with E-state index in [9.17, 15) is 9.18 Å². The molecule has 21 heavy (non-hydrogen) atoms. The molecule has 1 heterocycles. The van der Waals surface area contributed by atoms with Crippen LogP contribution in [0.1, 0.15) is 36.0 Å². The highest BCUT2D eigenvalue weighted by Gasteiger charge is 2.29. The molecule has 0 radical (unpaired) electrons. The summed E-state index contributed by atoms with van der Waals surface area (Å²) in [6, 6.07) is 4.90. The first-order chi connectivity index (χ1) is 10.1. The number of carbonyl (C=O) groups is 1. The van der Waals surface area contributed by atoms with E-state index in [-0.39, 0.29) is 11.7 Å². The second-order valence-corrected chi connectivity index (χ2v) is 6.93. The fourth-order valence-corrected chi connectivity index (χ4v) is 3.22. The van der Waals surface area contributed by atoms with Crippen molar-refractivity contribution in [1.29, 1.82) is 0 Å². The smallest absolute Gasteiger partial charge is 0.253 e. The van der Waals surface area contributed by atoms with Gasteiger partial charge in [0, 0.05) is 24.7 Å². The van der Waals surface area contributed by atoms with Crippen LogP contribution < -0.4 is 5.32 Å². The van der Waals surface area contributed by atoms with E-state index in [2.05, 4.69) is 21.2 Å². The molecule has 1 saturated heterocycles. The lowest BCUT2D eigenvalue weighted by atomic mass is 10.1. The number of amides is 1. The Morgan fingerprint density at radius 2 is 2.14 bits per heavy atom. The molecule has 1 atom stereocenters. The largest absolute Gasteiger partial charge is 0.337 e. The summed E-state index contributed by atoms with van der Waals surface area (Å²) in [6.07, 6.45) is 4.74. The summed E-state index contributed by atoms with van der Waals surface area (Å²) < 4.78 is 13.7. The quantitative estimate of drug-likeness (QED) is 0.880. The third kappa shape index (κ3) is 3.83. The SMILES string of the molecule is O=C(c1ccc(F)c(Br)c1)N(CC1CC1)CC1CCCN1. The van der Waals surface area contributed by atoms with Gasteiger partial charge in [0.15, 0.2) is 0 Å². The first kappa shape index (κ1) is 15.0. The topological polar surface area (TPSA) is 32.3 Å². The number of nitrogens with one attached hydrogen (secondary N) is 1. The standard InChI is InChI=1S/C16H20BrFN2O/c17-14-8-12(5-6-15(14)18)16(21)20(9-11-3-4-11)10-13-2-1-7-19-13/h5-6,8,11,13,19H,1-4,7,9-10H2. The Balaban J connectivity index is 1.73. The predicted molar refractivity (Wildman–Crippen MR) is 83.8 cm³/mol. The molecule has 1 aliphatic heterocycles. The number of benzene rings is 1. The first-order valence-electron chi connectivity index (χ1n) is 7.61. The molecule has 114 valence electrons. The van der Waals surface area contributed by atoms with Crippen molar-refractivity contribution in [2.45, 2.75) is 31.7 Å². The molecule has 0 spiro atoms. The molecule has 1 amide bonds. The van der Waals surface area contributed by atoms with Crippen LogP contribution in [-0.4, -0.2) is 36.5 Å². The van der Waals surface area contributed by atoms with Crippen LogP contribution in [-0.2, 0) is 0 Å². The molecule has 1 aliphatic carbocycles. The van der Waals surface area contributed by atoms with Gasteiger partial charge >= 0.3 is 0 Å². The van der Waals surface area contributed by atoms with E-state index in [1.165, 1.54) is 25.3 Å². The van der Waals surface area contributed by atoms with Crippen LogP contribution in [0.3, 0.4) is 0 Å². The van der Waals surface area contributed by atoms with E-state index in [1.54, 1.807) is 12.1 Å². The third-order valence-corrected chi connectivity index (χ3v) is 4.84. The highest BCUT2D eigenvalue weighted by Crippen LogP contribution is 2.30. The highest BCUT2D eigenvalue weighted by atomic mass is 79.9. The van der Waals surface area contributed by atoms with E-state index >= 15 is 0 Å². The summed E-state index contributed by atoms with van der Waals surface area (Å²) in [5.41, 5.74) is 0.557. The van der Waals surface area contributed by atoms with Crippen molar-refractivity contribution in [3.05, 3.63) is 34.1 Å². The zero-order valence-corrected chi connectivity index (χ0v) is 13.5. The Morgan fingerprint density at radius 3 is 2.76 bits per heavy atom. The Morgan fingerprint density at radius 1 is 1.33 bits per heavy atom. The van der Waals surface area contributed by atoms with Gasteiger partial charge in [-0.2, -0.15) is 0 Å². The maximum absolute atomic E-state index is 13.3. The molecule has 1 saturated carbocycles. The van der Waals surface area contributed by atoms with E-state index in [0.717, 1.165) is 26.1 Å². The molecule has 0 bridgehead atoms. The van der Waals surface area contributed by atoms with Gasteiger partial charge in [0.05, 0.1) is 4.47 Å². The maximum Gasteiger partial charge on any atom is 0.253 e. The molecule has 5 heteroatoms. The third-order valence-electron chi connectivity index (χ3n) is 4.23. The Bertz CT molecular complexity index is 527. The molecule has 2 aliphatic rings. The van der Waals surface area contributed by atoms with Gasteiger partial charge in [-0.1, -0.05) is 0 Å². The summed E-state index contributed by atoms with van der Waals surface area (Å²) in [5.74, 6) is 0.327. The molecule has 0 aromatic heterocycles. The predicted octanol–water partition coefficient (Wildman–Crippen LogP) is 3.19. The van der Waals surface area contributed by atoms with Crippen molar-refractivity contribution in [2.75, 3.05) is 19.6 Å². The average molecular weight is 355 g/mol. The number of carbonyl (C=O) groups excluding carboxylic acids is 1. The van der Waals surface area contributed by atoms with E-state index in [0.29, 0.717) is 22.0 Å². The molecular weight excluding hydrogens is 335 g/mol. The minimum Gasteiger partial charge on any atom is -0.337 e. The Labute approximate surface area is 133 Å². The second-order valence-electron chi connectivity index (χ2n) is 6.08. The van der Waals surface area contributed by atoms with Gasteiger partial charge in [-0.05, 0) is 72.3 Å². The fraction of sp³-hybridized carbons (Fsp3) is 0.562. The van der Waals surface area contributed by atoms with Crippen molar-refractivity contribution >= 4 is 21.8 Å². The highest BCUT2D eigenvalue weighted by molar-refractivity contribution is 9.10. The van der Waals surface area contributed by atoms with Crippen molar-refractivity contribution in [2.24, 2.45) is 5.92 Å². The van der Waals surface area contributed by atoms with Crippen LogP contribution in [0, 0.1) is 11.7 Å². The van der Waals surface area contributed by atoms with Crippen molar-refractivity contribution in [3.63, 3.8) is 0 Å². The summed E-state index contributed by atoms with van der Waals surface area (Å²) in [4.78, 5) is 14.7. The van der Waals surface area contributed by atoms with E-state index in [1.807, 2.05) is 4.90 Å². The molecule has 1 N–H and O–H groups in total. The van der Waals surface area contributed by atoms with E-state index < -0.39 is 0 Å². The summed E-state index contributed by atoms with van der Waals surface area (Å²) >= 11 is 3.16. The first-order valence-corrected chi connectivity index (χ1v) is 8.40. The molecule has 3 nitrogen and oxygen atoms in total. The van der Waals surface area contributed by atoms with Crippen molar-refractivity contribution in [1.82, 2.24) is 10.2 Å². The molecule has 1 aromatic carbocycles. The van der Waals surface area contributed by atoms with Crippen LogP contribution in [0.2, 0.25) is 0 Å². The number of rotatable bonds is 5. The van der Waals surface area contributed by atoms with Crippen LogP contribution in [0.4, 0.5) is 4.39 Å². The number of hydrogen-bond acceptors (Lipinski definition) is 2. The van der Waals surface area contributed by atoms with Crippen LogP contribution in [0.25, 0.3) is 0 Å². The lowest BCUT2D eigenvalue weighted by Crippen LogP contribution is -2.42. The van der Waals surface area contributed by atoms with Gasteiger partial charge in [-0.3, -0.25) is 4.79 Å². The van der Waals surface area contributed by atoms with Crippen molar-refractivity contribution < 1.29 is 9.18 Å². The molecule has 2 fully saturated rings. The molecule has 1 aromatic rings. The minimum atomic E-state index is -0.335. The van der Waals surface area contributed by atoms with Gasteiger partial charge in [-0.15, -0.1) is 0 Å². The number of nitrogens with zero attached hydrogens (tertiary/aromatic N) is 1. The summed E-state index contributed by atoms with van der Waals surface area (Å²) in [6.45, 7) is 2.62. The van der Waals surface area contributed by atoms with Crippen LogP contribution in [0.5, 0.6) is 0 Å². The monoisotopic (exact) mass is 354 g/mol. The number of halogens is 2. The Kier molecular flexibility index (Phi) is 4.60. The average Bonchev–Trinajstić information content (AvgIpc) is 3.14. The zero-order chi connectivity index (χ0) is 14.8. The summed E-state index contributed by atoms with van der Waals surface area (Å²) in [5, 5.41) is 3.44. The summed E-state index contributed by atoms with van der Waals surface area (Å²) in [7, 11) is 0. The van der Waals surface area contributed by atoms with Gasteiger partial charge in [0.25, 0.3) is 5.91 Å². The molecule has 1 unspecified atom stereocenters. The lowest BCUT2D eigenvalue weighted by molar-refractivity contribution is 0.0733. The molecule has 3 rings (SSSR count). The van der Waals surface area contributed by atoms with Crippen LogP contribution >= 0.6 is 15.9 Å². The van der Waals surface area contributed by atoms with Gasteiger partial charge in [0.2, 0.25) is 0 Å². The number of hydrogen-bond donors (Lipinski definition) is 1. The minimum absolute atomic E-state index is 0.0105. The second kappa shape index (κ2) is 6.44. The normalized spacial score (nSPS) is 21.5. The lowest BCUT2D eigenvalue weighted by Gasteiger charge is -2.26. The fourth-order valence-electron chi connectivity index (χ4n) is 2.84. The van der Waals surface area contributed by atoms with Gasteiger partial charge in [0.1, 0.15) is 5.82 Å². The Hall–Kier alpha value is -0.940. The van der Waals surface area contributed by atoms with Gasteiger partial charge in [-0.25, -0.2) is 4.39 Å². The zero-order valence-electron chi connectivity index (χ0n) is 11.9. The molecular formula is C16H20BrFN2O. The van der Waals surface area contributed by atoms with Crippen LogP contribution in [0.15, 0.2) is 22.7 Å².